The van der Waals surface area contributed by atoms with E-state index in [1.54, 1.807) is 7.05 Å². The number of likely N-dealkylation sites (N-methyl/N-ethyl adjacent to an activating group) is 1. The fourth-order valence-electron chi connectivity index (χ4n) is 0.0913. The van der Waals surface area contributed by atoms with E-state index in [9.17, 15) is 5.11 Å². The molecule has 0 amide bonds. The molecule has 2 radical (unpaired) electrons. The molecule has 0 fully saturated rings. The van der Waals surface area contributed by atoms with Gasteiger partial charge in [0.05, 0.1) is 6.61 Å². The van der Waals surface area contributed by atoms with Crippen molar-refractivity contribution >= 4 is 0 Å². The third-order valence-corrected chi connectivity index (χ3v) is 0.315. The van der Waals surface area contributed by atoms with E-state index in [1.807, 2.05) is 0 Å². The highest BCUT2D eigenvalue weighted by Gasteiger charge is 1.70. The number of nitrogens with zero attached hydrogens (tertiary/aromatic N) is 1. The SMILES string of the molecule is C[N]CC[O]. The summed E-state index contributed by atoms with van der Waals surface area (Å²) in [4.78, 5) is 0. The molecule has 0 bridgehead atoms. The number of rotatable bonds is 2. The average molecular weight is 73.1 g/mol. The van der Waals surface area contributed by atoms with E-state index in [-0.39, 0.29) is 6.61 Å². The highest BCUT2D eigenvalue weighted by molar-refractivity contribution is 4.26. The maximum atomic E-state index is 9.44. The normalized spacial score (nSPS) is 8.40. The first-order valence-corrected chi connectivity index (χ1v) is 1.55. The van der Waals surface area contributed by atoms with Gasteiger partial charge in [0.2, 0.25) is 0 Å². The van der Waals surface area contributed by atoms with Crippen molar-refractivity contribution in [3.8, 4) is 0 Å². The summed E-state index contributed by atoms with van der Waals surface area (Å²) in [6, 6.07) is 0. The van der Waals surface area contributed by atoms with Gasteiger partial charge >= 0.3 is 0 Å². The van der Waals surface area contributed by atoms with Crippen molar-refractivity contribution in [2.24, 2.45) is 0 Å². The molecule has 0 saturated heterocycles. The lowest BCUT2D eigenvalue weighted by atomic mass is 10.7. The van der Waals surface area contributed by atoms with Crippen molar-refractivity contribution in [3.63, 3.8) is 0 Å². The zero-order chi connectivity index (χ0) is 4.12. The van der Waals surface area contributed by atoms with Crippen molar-refractivity contribution in [3.05, 3.63) is 0 Å². The molecule has 0 spiro atoms. The highest BCUT2D eigenvalue weighted by atomic mass is 16.3. The van der Waals surface area contributed by atoms with E-state index in [0.29, 0.717) is 6.54 Å². The predicted molar refractivity (Wildman–Crippen MR) is 18.5 cm³/mol. The highest BCUT2D eigenvalue weighted by Crippen LogP contribution is 1.48. The third kappa shape index (κ3) is 3.92. The summed E-state index contributed by atoms with van der Waals surface area (Å²) in [5.74, 6) is 0. The fraction of sp³-hybridized carbons (Fsp3) is 1.00. The molecule has 0 N–H and O–H groups in total. The second-order valence-corrected chi connectivity index (χ2v) is 0.744. The lowest BCUT2D eigenvalue weighted by Gasteiger charge is -1.78. The molecule has 0 heterocycles. The van der Waals surface area contributed by atoms with Crippen LogP contribution in [0.2, 0.25) is 0 Å². The van der Waals surface area contributed by atoms with Crippen LogP contribution in [0.1, 0.15) is 0 Å². The Balaban J connectivity index is 2.19. The summed E-state index contributed by atoms with van der Waals surface area (Å²) in [6.45, 7) is 0.385. The Morgan fingerprint density at radius 3 is 2.40 bits per heavy atom. The van der Waals surface area contributed by atoms with Gasteiger partial charge < -0.3 is 0 Å². The maximum Gasteiger partial charge on any atom is 0.0963 e. The second-order valence-electron chi connectivity index (χ2n) is 0.744. The molecule has 0 saturated carbocycles. The lowest BCUT2D eigenvalue weighted by Crippen LogP contribution is -2.01. The molecular formula is C3H7NO. The minimum absolute atomic E-state index is 0.0729. The fourth-order valence-corrected chi connectivity index (χ4v) is 0.0913. The first kappa shape index (κ1) is 4.92. The molecule has 0 aliphatic rings. The Morgan fingerprint density at radius 2 is 2.40 bits per heavy atom. The van der Waals surface area contributed by atoms with Gasteiger partial charge in [0.15, 0.2) is 0 Å². The molecule has 0 unspecified atom stereocenters. The van der Waals surface area contributed by atoms with Crippen molar-refractivity contribution in [1.29, 1.82) is 0 Å². The van der Waals surface area contributed by atoms with E-state index < -0.39 is 0 Å². The zero-order valence-corrected chi connectivity index (χ0v) is 3.27. The monoisotopic (exact) mass is 73.1 g/mol. The van der Waals surface area contributed by atoms with Gasteiger partial charge in [-0.1, -0.05) is 0 Å². The summed E-state index contributed by atoms with van der Waals surface area (Å²) < 4.78 is 0. The van der Waals surface area contributed by atoms with Crippen LogP contribution in [0.25, 0.3) is 0 Å². The van der Waals surface area contributed by atoms with Gasteiger partial charge in [0.1, 0.15) is 0 Å². The molecule has 0 aliphatic carbocycles. The Labute approximate surface area is 31.8 Å². The summed E-state index contributed by atoms with van der Waals surface area (Å²) in [7, 11) is 1.64. The molecule has 0 rings (SSSR count). The Morgan fingerprint density at radius 1 is 1.80 bits per heavy atom. The first-order valence-electron chi connectivity index (χ1n) is 1.55. The van der Waals surface area contributed by atoms with Crippen LogP contribution in [-0.4, -0.2) is 20.2 Å². The van der Waals surface area contributed by atoms with Gasteiger partial charge in [-0.15, -0.1) is 0 Å². The van der Waals surface area contributed by atoms with Gasteiger partial charge in [-0.2, -0.15) is 0 Å². The van der Waals surface area contributed by atoms with Crippen LogP contribution < -0.4 is 5.32 Å². The summed E-state index contributed by atoms with van der Waals surface area (Å²) >= 11 is 0. The largest absolute Gasteiger partial charge is 0.243 e. The van der Waals surface area contributed by atoms with Gasteiger partial charge in [-0.05, 0) is 0 Å². The van der Waals surface area contributed by atoms with Crippen molar-refractivity contribution in [2.45, 2.75) is 0 Å². The topological polar surface area (TPSA) is 34.0 Å². The molecular weight excluding hydrogens is 66.0 g/mol. The Bertz CT molecular complexity index is 14.4. The first-order chi connectivity index (χ1) is 2.41. The molecule has 30 valence electrons. The third-order valence-electron chi connectivity index (χ3n) is 0.315. The van der Waals surface area contributed by atoms with Crippen LogP contribution in [0, 0.1) is 0 Å². The molecule has 0 aromatic heterocycles. The van der Waals surface area contributed by atoms with Crippen LogP contribution >= 0.6 is 0 Å². The average Bonchev–Trinajstić information content (AvgIpc) is 1.41. The standard InChI is InChI=1S/C3H7NO/c1-4-2-3-5/h2-3H2,1H3. The van der Waals surface area contributed by atoms with Crippen LogP contribution in [0.3, 0.4) is 0 Å². The molecule has 0 aromatic rings. The molecule has 0 atom stereocenters. The predicted octanol–water partition coefficient (Wildman–Crippen LogP) is -0.349. The minimum Gasteiger partial charge on any atom is -0.243 e. The van der Waals surface area contributed by atoms with E-state index >= 15 is 0 Å². The minimum atomic E-state index is -0.0729. The smallest absolute Gasteiger partial charge is 0.0963 e. The van der Waals surface area contributed by atoms with E-state index in [1.165, 1.54) is 0 Å². The summed E-state index contributed by atoms with van der Waals surface area (Å²) in [5, 5.41) is 13.0. The second kappa shape index (κ2) is 3.92. The summed E-state index contributed by atoms with van der Waals surface area (Å²) in [6.07, 6.45) is 0. The Kier molecular flexibility index (Phi) is 3.86. The van der Waals surface area contributed by atoms with Crippen LogP contribution in [-0.2, 0) is 5.11 Å². The van der Waals surface area contributed by atoms with Gasteiger partial charge in [0.25, 0.3) is 0 Å². The molecule has 2 heteroatoms. The lowest BCUT2D eigenvalue weighted by molar-refractivity contribution is 0.195. The van der Waals surface area contributed by atoms with E-state index in [4.69, 9.17) is 0 Å². The maximum absolute atomic E-state index is 9.44. The van der Waals surface area contributed by atoms with Crippen molar-refractivity contribution in [2.75, 3.05) is 20.2 Å². The number of hydrogen-bond donors (Lipinski definition) is 0. The quantitative estimate of drug-likeness (QED) is 0.428. The van der Waals surface area contributed by atoms with Crippen molar-refractivity contribution in [1.82, 2.24) is 5.32 Å². The van der Waals surface area contributed by atoms with E-state index in [2.05, 4.69) is 5.32 Å². The van der Waals surface area contributed by atoms with Gasteiger partial charge in [-0.25, -0.2) is 10.4 Å². The Hall–Kier alpha value is -0.0800. The molecule has 0 aromatic carbocycles. The zero-order valence-electron chi connectivity index (χ0n) is 3.27. The van der Waals surface area contributed by atoms with Gasteiger partial charge in [0, 0.05) is 13.6 Å². The molecule has 2 nitrogen and oxygen atoms in total. The van der Waals surface area contributed by atoms with Crippen molar-refractivity contribution < 1.29 is 5.11 Å². The van der Waals surface area contributed by atoms with Crippen LogP contribution in [0.5, 0.6) is 0 Å². The number of hydrogen-bond acceptors (Lipinski definition) is 0. The van der Waals surface area contributed by atoms with Crippen LogP contribution in [0.15, 0.2) is 0 Å². The molecule has 5 heavy (non-hydrogen) atoms. The van der Waals surface area contributed by atoms with E-state index in [0.717, 1.165) is 0 Å². The molecule has 0 aliphatic heterocycles. The van der Waals surface area contributed by atoms with Gasteiger partial charge in [-0.3, -0.25) is 0 Å². The van der Waals surface area contributed by atoms with Crippen LogP contribution in [0.4, 0.5) is 0 Å². The summed E-state index contributed by atoms with van der Waals surface area (Å²) in [5.41, 5.74) is 0.